The molecule has 3 saturated heterocycles. The summed E-state index contributed by atoms with van der Waals surface area (Å²) in [6.45, 7) is 8.27. The molecule has 2 bridgehead atoms. The number of pyridine rings is 1. The van der Waals surface area contributed by atoms with Crippen LogP contribution in [0.15, 0.2) is 29.2 Å². The number of nitrogens with zero attached hydrogens (tertiary/aromatic N) is 4. The highest BCUT2D eigenvalue weighted by molar-refractivity contribution is 5.85. The van der Waals surface area contributed by atoms with Gasteiger partial charge in [0.1, 0.15) is 11.8 Å². The molecule has 3 N–H and O–H groups in total. The molecule has 0 amide bonds. The molecule has 6 rings (SSSR count). The Balaban J connectivity index is 1.39. The summed E-state index contributed by atoms with van der Waals surface area (Å²) >= 11 is 0. The average molecular weight is 540 g/mol. The highest BCUT2D eigenvalue weighted by atomic mass is 19.1. The molecule has 39 heavy (non-hydrogen) atoms. The van der Waals surface area contributed by atoms with Crippen molar-refractivity contribution in [3.8, 4) is 11.3 Å². The predicted molar refractivity (Wildman–Crippen MR) is 143 cm³/mol. The summed E-state index contributed by atoms with van der Waals surface area (Å²) in [6.07, 6.45) is 0.263. The molecule has 1 aromatic carbocycles. The van der Waals surface area contributed by atoms with E-state index in [4.69, 9.17) is 9.47 Å². The second kappa shape index (κ2) is 10.2. The number of halogens is 1. The lowest BCUT2D eigenvalue weighted by Gasteiger charge is -2.32. The van der Waals surface area contributed by atoms with Crippen molar-refractivity contribution >= 4 is 16.9 Å². The molecule has 0 spiro atoms. The summed E-state index contributed by atoms with van der Waals surface area (Å²) in [7, 11) is 0. The van der Waals surface area contributed by atoms with Crippen LogP contribution in [0.2, 0.25) is 0 Å². The lowest BCUT2D eigenvalue weighted by Crippen LogP contribution is -2.48. The van der Waals surface area contributed by atoms with Crippen molar-refractivity contribution in [3.63, 3.8) is 0 Å². The van der Waals surface area contributed by atoms with Crippen LogP contribution in [0.5, 0.6) is 0 Å². The number of aliphatic hydroxyl groups excluding tert-OH is 2. The normalized spacial score (nSPS) is 27.1. The number of aliphatic hydroxyl groups is 2. The number of aromatic nitrogens is 3. The predicted octanol–water partition coefficient (Wildman–Crippen LogP) is 2.34. The Morgan fingerprint density at radius 1 is 1.28 bits per heavy atom. The number of benzene rings is 1. The van der Waals surface area contributed by atoms with Gasteiger partial charge in [-0.2, -0.15) is 0 Å². The number of rotatable bonds is 6. The van der Waals surface area contributed by atoms with E-state index >= 15 is 4.39 Å². The van der Waals surface area contributed by atoms with Crippen LogP contribution in [0, 0.1) is 12.7 Å². The summed E-state index contributed by atoms with van der Waals surface area (Å²) in [6, 6.07) is 4.88. The molecule has 5 heterocycles. The summed E-state index contributed by atoms with van der Waals surface area (Å²) in [4.78, 5) is 24.1. The maximum atomic E-state index is 15.1. The van der Waals surface area contributed by atoms with Gasteiger partial charge in [0, 0.05) is 47.9 Å². The van der Waals surface area contributed by atoms with Gasteiger partial charge in [-0.05, 0) is 45.7 Å². The van der Waals surface area contributed by atoms with Crippen molar-refractivity contribution in [1.29, 1.82) is 0 Å². The third-order valence-electron chi connectivity index (χ3n) is 8.02. The van der Waals surface area contributed by atoms with Gasteiger partial charge >= 0.3 is 0 Å². The molecule has 0 saturated carbocycles. The number of nitrogens with one attached hydrogen (secondary N) is 1. The minimum Gasteiger partial charge on any atom is -0.392 e. The molecule has 5 atom stereocenters. The molecule has 0 radical (unpaired) electrons. The Labute approximate surface area is 225 Å². The first kappa shape index (κ1) is 26.3. The van der Waals surface area contributed by atoms with Gasteiger partial charge in [0.2, 0.25) is 5.95 Å². The standard InChI is InChI=1S/C28H34FN5O5/c1-14(2)34-22-8-16(4-5-19(22)25(36)15(3)23(34)12-33-7-6-17(35)11-33)24-20(29)10-30-28(32-24)31-21-9-18-13-38-27(39-18)26(21)37/h4-5,8,10,14,17-18,21,26-27,35,37H,6-7,9,11-13H2,1-3H3,(H,30,31,32)/t17-,18-,21+,26-,27+/m0/s1. The van der Waals surface area contributed by atoms with E-state index < -0.39 is 24.3 Å². The van der Waals surface area contributed by atoms with E-state index in [1.807, 2.05) is 13.0 Å². The van der Waals surface area contributed by atoms with Crippen LogP contribution in [0.3, 0.4) is 0 Å². The fraction of sp³-hybridized carbons (Fsp3) is 0.536. The van der Waals surface area contributed by atoms with Gasteiger partial charge in [0.15, 0.2) is 17.5 Å². The first-order chi connectivity index (χ1) is 18.7. The van der Waals surface area contributed by atoms with Crippen molar-refractivity contribution < 1.29 is 24.1 Å². The third kappa shape index (κ3) is 4.82. The van der Waals surface area contributed by atoms with Crippen LogP contribution in [-0.4, -0.2) is 80.0 Å². The first-order valence-electron chi connectivity index (χ1n) is 13.5. The van der Waals surface area contributed by atoms with E-state index in [1.54, 1.807) is 12.1 Å². The molecular weight excluding hydrogens is 505 g/mol. The van der Waals surface area contributed by atoms with Crippen LogP contribution >= 0.6 is 0 Å². The van der Waals surface area contributed by atoms with E-state index in [1.165, 1.54) is 0 Å². The minimum atomic E-state index is -0.902. The quantitative estimate of drug-likeness (QED) is 0.433. The number of ether oxygens (including phenoxy) is 2. The first-order valence-corrected chi connectivity index (χ1v) is 13.5. The minimum absolute atomic E-state index is 0.0321. The summed E-state index contributed by atoms with van der Waals surface area (Å²) in [5.74, 6) is -0.400. The number of hydrogen-bond donors (Lipinski definition) is 3. The Bertz CT molecular complexity index is 1460. The van der Waals surface area contributed by atoms with E-state index in [0.29, 0.717) is 54.6 Å². The zero-order valence-corrected chi connectivity index (χ0v) is 22.3. The van der Waals surface area contributed by atoms with Crippen molar-refractivity contribution in [2.45, 2.75) is 76.8 Å². The molecule has 3 aromatic rings. The molecule has 11 heteroatoms. The lowest BCUT2D eigenvalue weighted by molar-refractivity contribution is -0.156. The fourth-order valence-corrected chi connectivity index (χ4v) is 6.02. The van der Waals surface area contributed by atoms with Gasteiger partial charge in [-0.1, -0.05) is 6.07 Å². The highest BCUT2D eigenvalue weighted by Gasteiger charge is 2.43. The summed E-state index contributed by atoms with van der Waals surface area (Å²) in [5.41, 5.74) is 2.83. The summed E-state index contributed by atoms with van der Waals surface area (Å²) in [5, 5.41) is 24.3. The van der Waals surface area contributed by atoms with Crippen LogP contribution in [-0.2, 0) is 16.0 Å². The molecule has 3 fully saturated rings. The van der Waals surface area contributed by atoms with Crippen molar-refractivity contribution in [2.24, 2.45) is 0 Å². The molecule has 208 valence electrons. The Morgan fingerprint density at radius 2 is 2.10 bits per heavy atom. The zero-order valence-electron chi connectivity index (χ0n) is 22.3. The number of anilines is 1. The van der Waals surface area contributed by atoms with Gasteiger partial charge in [-0.3, -0.25) is 9.69 Å². The lowest BCUT2D eigenvalue weighted by atomic mass is 10.0. The monoisotopic (exact) mass is 539 g/mol. The molecule has 10 nitrogen and oxygen atoms in total. The van der Waals surface area contributed by atoms with Crippen molar-refractivity contribution in [3.05, 3.63) is 51.7 Å². The topological polar surface area (TPSA) is 122 Å². The largest absolute Gasteiger partial charge is 0.392 e. The van der Waals surface area contributed by atoms with Gasteiger partial charge in [0.25, 0.3) is 0 Å². The van der Waals surface area contributed by atoms with Crippen LogP contribution in [0.4, 0.5) is 10.3 Å². The third-order valence-corrected chi connectivity index (χ3v) is 8.02. The van der Waals surface area contributed by atoms with Crippen LogP contribution in [0.25, 0.3) is 22.2 Å². The Kier molecular flexibility index (Phi) is 6.88. The molecule has 0 unspecified atom stereocenters. The number of hydrogen-bond acceptors (Lipinski definition) is 9. The Hall–Kier alpha value is -2.96. The maximum Gasteiger partial charge on any atom is 0.223 e. The van der Waals surface area contributed by atoms with Crippen molar-refractivity contribution in [1.82, 2.24) is 19.4 Å². The van der Waals surface area contributed by atoms with Gasteiger partial charge < -0.3 is 29.6 Å². The molecule has 3 aliphatic rings. The van der Waals surface area contributed by atoms with Gasteiger partial charge in [-0.15, -0.1) is 0 Å². The molecule has 3 aliphatic heterocycles. The van der Waals surface area contributed by atoms with Crippen LogP contribution < -0.4 is 10.7 Å². The summed E-state index contributed by atoms with van der Waals surface area (Å²) < 4.78 is 28.3. The zero-order chi connectivity index (χ0) is 27.4. The molecule has 2 aromatic heterocycles. The van der Waals surface area contributed by atoms with Crippen LogP contribution in [0.1, 0.15) is 44.0 Å². The molecule has 0 aliphatic carbocycles. The second-order valence-corrected chi connectivity index (χ2v) is 11.1. The fourth-order valence-electron chi connectivity index (χ4n) is 6.02. The van der Waals surface area contributed by atoms with E-state index in [-0.39, 0.29) is 35.3 Å². The van der Waals surface area contributed by atoms with Gasteiger partial charge in [0.05, 0.1) is 36.6 Å². The van der Waals surface area contributed by atoms with E-state index in [0.717, 1.165) is 18.4 Å². The van der Waals surface area contributed by atoms with E-state index in [9.17, 15) is 15.0 Å². The molecular formula is C28H34FN5O5. The SMILES string of the molecule is Cc1c(CN2CC[C@H](O)C2)n(C(C)C)c2cc(-c3nc(N[C@@H]4C[C@H]5CO[C@H](O5)[C@H]4O)ncc3F)ccc2c1=O. The Morgan fingerprint density at radius 3 is 2.85 bits per heavy atom. The number of likely N-dealkylation sites (tertiary alicyclic amines) is 1. The number of β-amino-alcohol motifs (C(OH)–C–C–N with tert-alkyl or cyclic N) is 1. The average Bonchev–Trinajstić information content (AvgIpc) is 3.52. The van der Waals surface area contributed by atoms with E-state index in [2.05, 4.69) is 38.6 Å². The smallest absolute Gasteiger partial charge is 0.223 e. The number of fused-ring (bicyclic) bond motifs is 3. The highest BCUT2D eigenvalue weighted by Crippen LogP contribution is 2.31. The second-order valence-electron chi connectivity index (χ2n) is 11.1. The van der Waals surface area contributed by atoms with Crippen molar-refractivity contribution in [2.75, 3.05) is 25.0 Å². The maximum absolute atomic E-state index is 15.1. The van der Waals surface area contributed by atoms with Gasteiger partial charge in [-0.25, -0.2) is 14.4 Å².